The van der Waals surface area contributed by atoms with Gasteiger partial charge in [-0.2, -0.15) is 13.2 Å². The van der Waals surface area contributed by atoms with Crippen LogP contribution < -0.4 is 0 Å². The summed E-state index contributed by atoms with van der Waals surface area (Å²) in [4.78, 5) is 11.1. The average molecular weight is 260 g/mol. The molecule has 0 bridgehead atoms. The lowest BCUT2D eigenvalue weighted by Crippen LogP contribution is -2.05. The lowest BCUT2D eigenvalue weighted by Gasteiger charge is -2.07. The van der Waals surface area contributed by atoms with Crippen LogP contribution in [-0.4, -0.2) is 24.6 Å². The molecule has 1 aromatic carbocycles. The van der Waals surface area contributed by atoms with Crippen molar-refractivity contribution in [3.05, 3.63) is 41.5 Å². The van der Waals surface area contributed by atoms with Gasteiger partial charge in [-0.25, -0.2) is 0 Å². The fourth-order valence-corrected chi connectivity index (χ4v) is 1.25. The second-order valence-corrected chi connectivity index (χ2v) is 3.50. The van der Waals surface area contributed by atoms with E-state index < -0.39 is 23.3 Å². The maximum atomic E-state index is 12.3. The molecule has 0 saturated carbocycles. The van der Waals surface area contributed by atoms with Gasteiger partial charge >= 0.3 is 6.18 Å². The van der Waals surface area contributed by atoms with E-state index in [0.29, 0.717) is 0 Å². The minimum absolute atomic E-state index is 0.132. The number of halogens is 3. The minimum atomic E-state index is -4.43. The first-order chi connectivity index (χ1) is 8.34. The first-order valence-corrected chi connectivity index (χ1v) is 4.94. The summed E-state index contributed by atoms with van der Waals surface area (Å²) in [7, 11) is 1.32. The third-order valence-electron chi connectivity index (χ3n) is 2.09. The molecule has 0 fully saturated rings. The van der Waals surface area contributed by atoms with Crippen molar-refractivity contribution in [1.29, 1.82) is 0 Å². The molecule has 3 nitrogen and oxygen atoms in total. The van der Waals surface area contributed by atoms with Gasteiger partial charge in [-0.3, -0.25) is 4.79 Å². The number of aliphatic hydroxyl groups is 1. The number of hydrogen-bond acceptors (Lipinski definition) is 3. The molecular weight excluding hydrogens is 249 g/mol. The zero-order valence-corrected chi connectivity index (χ0v) is 9.49. The Morgan fingerprint density at radius 2 is 1.89 bits per heavy atom. The lowest BCUT2D eigenvalue weighted by molar-refractivity contribution is -0.137. The monoisotopic (exact) mass is 260 g/mol. The number of rotatable bonds is 4. The Bertz CT molecular complexity index is 447. The number of alkyl halides is 3. The van der Waals surface area contributed by atoms with Crippen LogP contribution in [0.2, 0.25) is 0 Å². The normalized spacial score (nSPS) is 12.6. The molecule has 0 spiro atoms. The second-order valence-electron chi connectivity index (χ2n) is 3.50. The van der Waals surface area contributed by atoms with Crippen LogP contribution in [0.15, 0.2) is 30.3 Å². The minimum Gasteiger partial charge on any atom is -0.507 e. The number of carbonyl (C=O) groups excluding carboxylic acids is 1. The highest BCUT2D eigenvalue weighted by molar-refractivity contribution is 5.96. The van der Waals surface area contributed by atoms with Gasteiger partial charge in [0.25, 0.3) is 0 Å². The molecule has 1 N–H and O–H groups in total. The van der Waals surface area contributed by atoms with Gasteiger partial charge < -0.3 is 9.84 Å². The second kappa shape index (κ2) is 5.68. The summed E-state index contributed by atoms with van der Waals surface area (Å²) in [5.41, 5.74) is -0.685. The van der Waals surface area contributed by atoms with E-state index in [0.717, 1.165) is 30.3 Å². The van der Waals surface area contributed by atoms with E-state index in [-0.39, 0.29) is 12.2 Å². The van der Waals surface area contributed by atoms with E-state index in [1.165, 1.54) is 7.11 Å². The van der Waals surface area contributed by atoms with Crippen molar-refractivity contribution in [1.82, 2.24) is 0 Å². The quantitative estimate of drug-likeness (QED) is 0.668. The van der Waals surface area contributed by atoms with Gasteiger partial charge in [-0.05, 0) is 12.1 Å². The first kappa shape index (κ1) is 14.2. The highest BCUT2D eigenvalue weighted by Crippen LogP contribution is 2.29. The predicted molar refractivity (Wildman–Crippen MR) is 58.9 cm³/mol. The van der Waals surface area contributed by atoms with E-state index >= 15 is 0 Å². The van der Waals surface area contributed by atoms with Crippen molar-refractivity contribution in [3.8, 4) is 0 Å². The zero-order chi connectivity index (χ0) is 13.8. The fraction of sp³-hybridized carbons (Fsp3) is 0.250. The molecule has 18 heavy (non-hydrogen) atoms. The number of hydrogen-bond donors (Lipinski definition) is 1. The van der Waals surface area contributed by atoms with Gasteiger partial charge in [0.2, 0.25) is 0 Å². The molecular formula is C12H11F3O3. The molecule has 0 aromatic heterocycles. The van der Waals surface area contributed by atoms with Crippen molar-refractivity contribution in [2.24, 2.45) is 0 Å². The number of benzene rings is 1. The van der Waals surface area contributed by atoms with E-state index in [4.69, 9.17) is 0 Å². The van der Waals surface area contributed by atoms with Crippen molar-refractivity contribution >= 4 is 11.5 Å². The van der Waals surface area contributed by atoms with Crippen molar-refractivity contribution in [3.63, 3.8) is 0 Å². The van der Waals surface area contributed by atoms with Crippen molar-refractivity contribution in [2.45, 2.75) is 6.18 Å². The first-order valence-electron chi connectivity index (χ1n) is 4.94. The Hall–Kier alpha value is -1.82. The molecule has 0 aliphatic carbocycles. The SMILES string of the molecule is COCC(=O)/C=C(\O)c1ccc(C(F)(F)F)cc1. The van der Waals surface area contributed by atoms with E-state index in [1.807, 2.05) is 0 Å². The number of aliphatic hydroxyl groups excluding tert-OH is 1. The van der Waals surface area contributed by atoms with Gasteiger partial charge in [-0.15, -0.1) is 0 Å². The smallest absolute Gasteiger partial charge is 0.416 e. The van der Waals surface area contributed by atoms with Crippen molar-refractivity contribution in [2.75, 3.05) is 13.7 Å². The molecule has 0 atom stereocenters. The predicted octanol–water partition coefficient (Wildman–Crippen LogP) is 2.82. The summed E-state index contributed by atoms with van der Waals surface area (Å²) in [6, 6.07) is 3.85. The molecule has 0 radical (unpaired) electrons. The van der Waals surface area contributed by atoms with E-state index in [2.05, 4.69) is 4.74 Å². The molecule has 0 unspecified atom stereocenters. The Kier molecular flexibility index (Phi) is 4.49. The molecule has 0 amide bonds. The Morgan fingerprint density at radius 1 is 1.33 bits per heavy atom. The number of ether oxygens (including phenoxy) is 1. The molecule has 0 saturated heterocycles. The summed E-state index contributed by atoms with van der Waals surface area (Å²) in [5, 5.41) is 9.51. The van der Waals surface area contributed by atoms with Crippen LogP contribution in [0.3, 0.4) is 0 Å². The van der Waals surface area contributed by atoms with E-state index in [9.17, 15) is 23.1 Å². The summed E-state index contributed by atoms with van der Waals surface area (Å²) in [6.45, 7) is -0.204. The summed E-state index contributed by atoms with van der Waals surface area (Å²) >= 11 is 0. The van der Waals surface area contributed by atoms with Gasteiger partial charge in [-0.1, -0.05) is 12.1 Å². The summed E-state index contributed by atoms with van der Waals surface area (Å²) in [5.74, 6) is -0.874. The van der Waals surface area contributed by atoms with Crippen LogP contribution in [0.25, 0.3) is 5.76 Å². The third kappa shape index (κ3) is 3.89. The van der Waals surface area contributed by atoms with Crippen LogP contribution in [0.4, 0.5) is 13.2 Å². The number of methoxy groups -OCH3 is 1. The average Bonchev–Trinajstić information content (AvgIpc) is 2.28. The lowest BCUT2D eigenvalue weighted by atomic mass is 10.1. The van der Waals surface area contributed by atoms with Crippen LogP contribution in [-0.2, 0) is 15.7 Å². The molecule has 1 rings (SSSR count). The third-order valence-corrected chi connectivity index (χ3v) is 2.09. The van der Waals surface area contributed by atoms with Gasteiger partial charge in [0.05, 0.1) is 5.56 Å². The fourth-order valence-electron chi connectivity index (χ4n) is 1.25. The Balaban J connectivity index is 2.89. The maximum Gasteiger partial charge on any atom is 0.416 e. The molecule has 1 aromatic rings. The maximum absolute atomic E-state index is 12.3. The Morgan fingerprint density at radius 3 is 2.33 bits per heavy atom. The standard InChI is InChI=1S/C12H11F3O3/c1-18-7-10(16)6-11(17)8-2-4-9(5-3-8)12(13,14)15/h2-6,17H,7H2,1H3/b11-6-. The largest absolute Gasteiger partial charge is 0.507 e. The molecule has 98 valence electrons. The highest BCUT2D eigenvalue weighted by atomic mass is 19.4. The van der Waals surface area contributed by atoms with Gasteiger partial charge in [0.1, 0.15) is 12.4 Å². The molecule has 0 aliphatic heterocycles. The summed E-state index contributed by atoms with van der Waals surface area (Å²) in [6.07, 6.45) is -3.52. The number of ketones is 1. The molecule has 0 heterocycles. The van der Waals surface area contributed by atoms with Gasteiger partial charge in [0.15, 0.2) is 5.78 Å². The van der Waals surface area contributed by atoms with Crippen LogP contribution in [0, 0.1) is 0 Å². The van der Waals surface area contributed by atoms with Crippen LogP contribution >= 0.6 is 0 Å². The van der Waals surface area contributed by atoms with Crippen molar-refractivity contribution < 1.29 is 27.8 Å². The molecule has 6 heteroatoms. The number of carbonyl (C=O) groups is 1. The molecule has 0 aliphatic rings. The van der Waals surface area contributed by atoms with Gasteiger partial charge in [0, 0.05) is 18.7 Å². The Labute approximate surface area is 101 Å². The topological polar surface area (TPSA) is 46.5 Å². The summed E-state index contributed by atoms with van der Waals surface area (Å²) < 4.78 is 41.4. The van der Waals surface area contributed by atoms with E-state index in [1.54, 1.807) is 0 Å². The zero-order valence-electron chi connectivity index (χ0n) is 9.49. The highest BCUT2D eigenvalue weighted by Gasteiger charge is 2.30. The van der Waals surface area contributed by atoms with Crippen LogP contribution in [0.5, 0.6) is 0 Å². The van der Waals surface area contributed by atoms with Crippen LogP contribution in [0.1, 0.15) is 11.1 Å².